The minimum absolute atomic E-state index is 0.178. The molecule has 41 heavy (non-hydrogen) atoms. The van der Waals surface area contributed by atoms with Crippen molar-refractivity contribution in [3.05, 3.63) is 93.6 Å². The number of nitrogens with zero attached hydrogens (tertiary/aromatic N) is 4. The number of morpholine rings is 1. The van der Waals surface area contributed by atoms with Gasteiger partial charge >= 0.3 is 0 Å². The van der Waals surface area contributed by atoms with Crippen molar-refractivity contribution in [3.8, 4) is 16.9 Å². The summed E-state index contributed by atoms with van der Waals surface area (Å²) < 4.78 is 20.7. The number of rotatable bonds is 7. The Morgan fingerprint density at radius 1 is 1.07 bits per heavy atom. The van der Waals surface area contributed by atoms with E-state index < -0.39 is 5.91 Å². The van der Waals surface area contributed by atoms with Crippen LogP contribution in [0.1, 0.15) is 37.7 Å². The molecule has 2 amide bonds. The van der Waals surface area contributed by atoms with E-state index >= 15 is 0 Å². The number of carbonyl (C=O) groups is 2. The number of amides is 2. The molecule has 3 N–H and O–H groups in total. The van der Waals surface area contributed by atoms with Gasteiger partial charge in [-0.1, -0.05) is 17.7 Å². The third-order valence-electron chi connectivity index (χ3n) is 7.50. The van der Waals surface area contributed by atoms with Crippen molar-refractivity contribution in [2.45, 2.75) is 19.3 Å². The Morgan fingerprint density at radius 2 is 1.85 bits per heavy atom. The van der Waals surface area contributed by atoms with Crippen LogP contribution in [0, 0.1) is 5.82 Å². The predicted octanol–water partition coefficient (Wildman–Crippen LogP) is 4.05. The van der Waals surface area contributed by atoms with Gasteiger partial charge in [0.25, 0.3) is 11.8 Å². The van der Waals surface area contributed by atoms with Gasteiger partial charge in [-0.2, -0.15) is 5.10 Å². The molecule has 1 fully saturated rings. The topological polar surface area (TPSA) is 115 Å². The molecule has 0 atom stereocenters. The Hall–Kier alpha value is -4.12. The maximum Gasteiger partial charge on any atom is 0.269 e. The first-order valence-electron chi connectivity index (χ1n) is 13.4. The number of halogens is 2. The molecular weight excluding hydrogens is 547 g/mol. The quantitative estimate of drug-likeness (QED) is 0.344. The van der Waals surface area contributed by atoms with Crippen LogP contribution in [0.25, 0.3) is 16.9 Å². The lowest BCUT2D eigenvalue weighted by Gasteiger charge is -2.26. The molecule has 1 saturated heterocycles. The van der Waals surface area contributed by atoms with Crippen molar-refractivity contribution in [3.63, 3.8) is 0 Å². The first-order chi connectivity index (χ1) is 19.9. The summed E-state index contributed by atoms with van der Waals surface area (Å²) in [5.41, 5.74) is 11.4. The number of primary amides is 1. The van der Waals surface area contributed by atoms with Crippen molar-refractivity contribution in [1.29, 1.82) is 0 Å². The number of ether oxygens (including phenoxy) is 1. The zero-order valence-electron chi connectivity index (χ0n) is 22.2. The van der Waals surface area contributed by atoms with Crippen LogP contribution in [-0.2, 0) is 24.0 Å². The van der Waals surface area contributed by atoms with Gasteiger partial charge in [-0.3, -0.25) is 19.5 Å². The average Bonchev–Trinajstić information content (AvgIpc) is 3.38. The van der Waals surface area contributed by atoms with Gasteiger partial charge in [0.1, 0.15) is 5.82 Å². The van der Waals surface area contributed by atoms with E-state index in [9.17, 15) is 14.0 Å². The number of aromatic nitrogens is 3. The maximum atomic E-state index is 13.6. The van der Waals surface area contributed by atoms with Crippen molar-refractivity contribution < 1.29 is 18.7 Å². The summed E-state index contributed by atoms with van der Waals surface area (Å²) in [5, 5.41) is 7.72. The Morgan fingerprint density at radius 3 is 2.61 bits per heavy atom. The second kappa shape index (κ2) is 11.4. The molecule has 11 heteroatoms. The van der Waals surface area contributed by atoms with Crippen LogP contribution >= 0.6 is 11.6 Å². The van der Waals surface area contributed by atoms with E-state index in [0.717, 1.165) is 55.2 Å². The van der Waals surface area contributed by atoms with Gasteiger partial charge in [0, 0.05) is 54.8 Å². The molecule has 1 aliphatic carbocycles. The van der Waals surface area contributed by atoms with E-state index in [0.29, 0.717) is 41.9 Å². The molecular formula is C30H28ClFN6O3. The van der Waals surface area contributed by atoms with Gasteiger partial charge in [0.05, 0.1) is 35.2 Å². The van der Waals surface area contributed by atoms with Crippen LogP contribution in [-0.4, -0.2) is 64.3 Å². The smallest absolute Gasteiger partial charge is 0.269 e. The van der Waals surface area contributed by atoms with Crippen molar-refractivity contribution in [2.24, 2.45) is 5.73 Å². The van der Waals surface area contributed by atoms with E-state index in [-0.39, 0.29) is 22.4 Å². The number of hydrogen-bond acceptors (Lipinski definition) is 6. The second-order valence-electron chi connectivity index (χ2n) is 10.1. The van der Waals surface area contributed by atoms with Gasteiger partial charge in [0.2, 0.25) is 0 Å². The number of pyridine rings is 1. The highest BCUT2D eigenvalue weighted by atomic mass is 35.5. The summed E-state index contributed by atoms with van der Waals surface area (Å²) in [4.78, 5) is 32.3. The zero-order chi connectivity index (χ0) is 28.5. The SMILES string of the molecule is NC(=O)c1nn(-c2ccc(F)cc2)c2c1CCc1ccc(NC(=O)c3cc(CCN4CCOCC4)ncc3Cl)cc1-2. The molecule has 0 spiro atoms. The van der Waals surface area contributed by atoms with Crippen LogP contribution in [0.15, 0.2) is 54.7 Å². The van der Waals surface area contributed by atoms with E-state index in [1.165, 1.54) is 18.3 Å². The van der Waals surface area contributed by atoms with Crippen LogP contribution in [0.3, 0.4) is 0 Å². The number of benzene rings is 2. The molecule has 9 nitrogen and oxygen atoms in total. The lowest BCUT2D eigenvalue weighted by Crippen LogP contribution is -2.37. The summed E-state index contributed by atoms with van der Waals surface area (Å²) in [6, 6.07) is 13.2. The van der Waals surface area contributed by atoms with Crippen LogP contribution < -0.4 is 11.1 Å². The molecule has 1 aliphatic heterocycles. The summed E-state index contributed by atoms with van der Waals surface area (Å²) in [6.45, 7) is 4.02. The third kappa shape index (κ3) is 5.58. The zero-order valence-corrected chi connectivity index (χ0v) is 23.0. The lowest BCUT2D eigenvalue weighted by molar-refractivity contribution is 0.0383. The minimum Gasteiger partial charge on any atom is -0.379 e. The highest BCUT2D eigenvalue weighted by Crippen LogP contribution is 2.38. The van der Waals surface area contributed by atoms with Crippen molar-refractivity contribution in [2.75, 3.05) is 38.2 Å². The van der Waals surface area contributed by atoms with E-state index in [4.69, 9.17) is 22.1 Å². The standard InChI is InChI=1S/C30H28ClFN6O3/c31-26-17-34-20(9-10-37-11-13-41-14-12-37)15-25(26)30(40)35-21-5-1-18-2-8-23-27(29(33)39)36-38(28(23)24(18)16-21)22-6-3-19(32)4-7-22/h1,3-7,15-17H,2,8-14H2,(H2,33,39)(H,35,40). The molecule has 3 heterocycles. The molecule has 2 aliphatic rings. The largest absolute Gasteiger partial charge is 0.379 e. The third-order valence-corrected chi connectivity index (χ3v) is 7.80. The number of carbonyl (C=O) groups excluding carboxylic acids is 2. The molecule has 0 saturated carbocycles. The molecule has 2 aromatic carbocycles. The van der Waals surface area contributed by atoms with Gasteiger partial charge in [-0.05, 0) is 60.9 Å². The fraction of sp³-hybridized carbons (Fsp3) is 0.267. The maximum absolute atomic E-state index is 13.6. The van der Waals surface area contributed by atoms with Gasteiger partial charge in [0.15, 0.2) is 5.69 Å². The number of anilines is 1. The van der Waals surface area contributed by atoms with Crippen molar-refractivity contribution in [1.82, 2.24) is 19.7 Å². The number of nitrogens with one attached hydrogen (secondary N) is 1. The Balaban J connectivity index is 1.29. The molecule has 0 unspecified atom stereocenters. The van der Waals surface area contributed by atoms with Gasteiger partial charge < -0.3 is 15.8 Å². The number of nitrogens with two attached hydrogens (primary N) is 1. The van der Waals surface area contributed by atoms with Crippen LogP contribution in [0.4, 0.5) is 10.1 Å². The fourth-order valence-electron chi connectivity index (χ4n) is 5.37. The Bertz CT molecular complexity index is 1630. The van der Waals surface area contributed by atoms with E-state index in [1.54, 1.807) is 22.9 Å². The highest BCUT2D eigenvalue weighted by Gasteiger charge is 2.28. The molecule has 0 radical (unpaired) electrons. The Kier molecular flexibility index (Phi) is 7.53. The monoisotopic (exact) mass is 574 g/mol. The first kappa shape index (κ1) is 27.1. The normalized spacial score (nSPS) is 14.8. The average molecular weight is 575 g/mol. The number of hydrogen-bond donors (Lipinski definition) is 2. The summed E-state index contributed by atoms with van der Waals surface area (Å²) in [6.07, 6.45) is 3.45. The van der Waals surface area contributed by atoms with Crippen molar-refractivity contribution >= 4 is 29.1 Å². The lowest BCUT2D eigenvalue weighted by atomic mass is 9.88. The fourth-order valence-corrected chi connectivity index (χ4v) is 5.56. The predicted molar refractivity (Wildman–Crippen MR) is 153 cm³/mol. The number of aryl methyl sites for hydroxylation is 1. The number of fused-ring (bicyclic) bond motifs is 3. The minimum atomic E-state index is -0.633. The second-order valence-corrected chi connectivity index (χ2v) is 10.5. The summed E-state index contributed by atoms with van der Waals surface area (Å²) in [7, 11) is 0. The van der Waals surface area contributed by atoms with E-state index in [2.05, 4.69) is 20.3 Å². The van der Waals surface area contributed by atoms with Gasteiger partial charge in [-0.25, -0.2) is 9.07 Å². The summed E-state index contributed by atoms with van der Waals surface area (Å²) >= 11 is 6.39. The van der Waals surface area contributed by atoms with Gasteiger partial charge in [-0.15, -0.1) is 0 Å². The van der Waals surface area contributed by atoms with Crippen LogP contribution in [0.2, 0.25) is 5.02 Å². The first-order valence-corrected chi connectivity index (χ1v) is 13.8. The van der Waals surface area contributed by atoms with E-state index in [1.807, 2.05) is 18.2 Å². The molecule has 2 aromatic heterocycles. The molecule has 4 aromatic rings. The molecule has 210 valence electrons. The Labute approximate surface area is 241 Å². The van der Waals surface area contributed by atoms with Crippen LogP contribution in [0.5, 0.6) is 0 Å². The molecule has 0 bridgehead atoms. The summed E-state index contributed by atoms with van der Waals surface area (Å²) in [5.74, 6) is -1.37. The molecule has 6 rings (SSSR count). The highest BCUT2D eigenvalue weighted by molar-refractivity contribution is 6.34.